The van der Waals surface area contributed by atoms with E-state index >= 15 is 0 Å². The van der Waals surface area contributed by atoms with Crippen molar-refractivity contribution in [2.45, 2.75) is 13.2 Å². The van der Waals surface area contributed by atoms with Gasteiger partial charge >= 0.3 is 6.16 Å². The topological polar surface area (TPSA) is 171 Å². The number of hydrogen-bond acceptors (Lipinski definition) is 12. The number of imidazole rings is 1. The molecule has 2 aromatic heterocycles. The van der Waals surface area contributed by atoms with Crippen LogP contribution >= 0.6 is 8.38 Å². The Morgan fingerprint density at radius 2 is 1.88 bits per heavy atom. The number of carbonyl (C=O) groups excluding carboxylic acids is 1. The second-order valence-electron chi connectivity index (χ2n) is 7.95. The first kappa shape index (κ1) is 28.8. The van der Waals surface area contributed by atoms with Gasteiger partial charge in [-0.2, -0.15) is 4.98 Å². The Hall–Kier alpha value is -4.23. The summed E-state index contributed by atoms with van der Waals surface area (Å²) in [5.41, 5.74) is 6.69. The van der Waals surface area contributed by atoms with E-state index < -0.39 is 26.9 Å². The smallest absolute Gasteiger partial charge is 0.493 e. The van der Waals surface area contributed by atoms with Crippen molar-refractivity contribution < 1.29 is 37.5 Å². The predicted octanol–water partition coefficient (Wildman–Crippen LogP) is 3.41. The van der Waals surface area contributed by atoms with E-state index in [0.717, 1.165) is 5.56 Å². The molecule has 0 aliphatic heterocycles. The lowest BCUT2D eigenvalue weighted by molar-refractivity contribution is 0.0244. The maximum atomic E-state index is 12.2. The molecular weight excluding hydrogens is 545 g/mol. The molecule has 0 aliphatic carbocycles. The normalized spacial score (nSPS) is 11.8. The van der Waals surface area contributed by atoms with Crippen molar-refractivity contribution >= 4 is 31.6 Å². The van der Waals surface area contributed by atoms with Gasteiger partial charge < -0.3 is 38.5 Å². The lowest BCUT2D eigenvalue weighted by atomic mass is 10.2. The monoisotopic (exact) mass is 573 g/mol. The summed E-state index contributed by atoms with van der Waals surface area (Å²) < 4.78 is 39.5. The van der Waals surface area contributed by atoms with E-state index in [0.29, 0.717) is 23.7 Å². The van der Waals surface area contributed by atoms with Crippen LogP contribution in [0.3, 0.4) is 0 Å². The van der Waals surface area contributed by atoms with Gasteiger partial charge in [0, 0.05) is 12.6 Å². The van der Waals surface area contributed by atoms with E-state index in [9.17, 15) is 9.59 Å². The number of anilines is 1. The van der Waals surface area contributed by atoms with E-state index in [1.165, 1.54) is 32.7 Å². The minimum atomic E-state index is -1.61. The molecule has 14 nitrogen and oxygen atoms in total. The molecular formula is C25H28N5O9P. The Balaban J connectivity index is 1.28. The third-order valence-electron chi connectivity index (χ3n) is 5.31. The van der Waals surface area contributed by atoms with Crippen LogP contribution in [0.1, 0.15) is 5.56 Å². The Morgan fingerprint density at radius 3 is 2.65 bits per heavy atom. The molecule has 2 aromatic carbocycles. The second kappa shape index (κ2) is 14.2. The van der Waals surface area contributed by atoms with Gasteiger partial charge in [0.2, 0.25) is 21.1 Å². The van der Waals surface area contributed by atoms with E-state index in [1.54, 1.807) is 10.6 Å². The average Bonchev–Trinajstić information content (AvgIpc) is 3.37. The maximum absolute atomic E-state index is 12.2. The Kier molecular flexibility index (Phi) is 10.2. The van der Waals surface area contributed by atoms with Crippen LogP contribution in [0.2, 0.25) is 0 Å². The number of methoxy groups -OCH3 is 2. The molecule has 4 aromatic rings. The molecule has 0 saturated heterocycles. The molecule has 0 fully saturated rings. The molecule has 0 aliphatic rings. The second-order valence-corrected chi connectivity index (χ2v) is 9.39. The summed E-state index contributed by atoms with van der Waals surface area (Å²) in [5, 5.41) is 0. The average molecular weight is 573 g/mol. The van der Waals surface area contributed by atoms with Gasteiger partial charge in [0.25, 0.3) is 5.56 Å². The first-order valence-corrected chi connectivity index (χ1v) is 13.3. The number of hydrogen-bond donors (Lipinski definition) is 2. The molecule has 0 spiro atoms. The highest BCUT2D eigenvalue weighted by molar-refractivity contribution is 7.46. The number of nitrogen functional groups attached to an aromatic ring is 1. The Labute approximate surface area is 229 Å². The highest BCUT2D eigenvalue weighted by atomic mass is 31.2. The van der Waals surface area contributed by atoms with Gasteiger partial charge in [-0.05, 0) is 17.7 Å². The van der Waals surface area contributed by atoms with Crippen LogP contribution in [-0.4, -0.2) is 59.6 Å². The molecule has 212 valence electrons. The highest BCUT2D eigenvalue weighted by Gasteiger charge is 2.16. The Bertz CT molecular complexity index is 1460. The highest BCUT2D eigenvalue weighted by Crippen LogP contribution is 2.39. The minimum absolute atomic E-state index is 0.00365. The summed E-state index contributed by atoms with van der Waals surface area (Å²) in [6.07, 6.45) is 0.595. The summed E-state index contributed by atoms with van der Waals surface area (Å²) in [6, 6.07) is 14.2. The quantitative estimate of drug-likeness (QED) is 0.0742. The van der Waals surface area contributed by atoms with E-state index in [4.69, 9.17) is 38.5 Å². The van der Waals surface area contributed by atoms with Gasteiger partial charge in [-0.25, -0.2) is 9.78 Å². The largest absolute Gasteiger partial charge is 0.515 e. The molecule has 1 unspecified atom stereocenters. The molecule has 0 amide bonds. The number of nitrogens with one attached hydrogen (secondary N) is 1. The maximum Gasteiger partial charge on any atom is 0.515 e. The number of ether oxygens (including phenoxy) is 5. The van der Waals surface area contributed by atoms with E-state index in [2.05, 4.69) is 15.0 Å². The lowest BCUT2D eigenvalue weighted by Gasteiger charge is -2.18. The first-order valence-electron chi connectivity index (χ1n) is 11.9. The third kappa shape index (κ3) is 7.90. The molecule has 40 heavy (non-hydrogen) atoms. The summed E-state index contributed by atoms with van der Waals surface area (Å²) in [7, 11) is 1.36. The minimum Gasteiger partial charge on any atom is -0.493 e. The SMILES string of the molecule is COc1ccc(OC(=O)OCOP(COCCn2cnc3c(=O)[nH]c(N)nc32)OCc2ccccc2)cc1OC. The zero-order valence-corrected chi connectivity index (χ0v) is 22.7. The van der Waals surface area contributed by atoms with E-state index in [-0.39, 0.29) is 36.8 Å². The summed E-state index contributed by atoms with van der Waals surface area (Å²) in [6.45, 7) is 0.430. The van der Waals surface area contributed by atoms with Gasteiger partial charge in [0.15, 0.2) is 22.7 Å². The summed E-state index contributed by atoms with van der Waals surface area (Å²) in [4.78, 5) is 34.7. The van der Waals surface area contributed by atoms with Crippen molar-refractivity contribution in [2.75, 3.05) is 39.7 Å². The van der Waals surface area contributed by atoms with Gasteiger partial charge in [-0.3, -0.25) is 14.3 Å². The lowest BCUT2D eigenvalue weighted by Crippen LogP contribution is -2.14. The van der Waals surface area contributed by atoms with Crippen molar-refractivity contribution in [2.24, 2.45) is 0 Å². The number of rotatable bonds is 14. The van der Waals surface area contributed by atoms with Gasteiger partial charge in [0.05, 0.1) is 33.8 Å². The zero-order chi connectivity index (χ0) is 28.3. The summed E-state index contributed by atoms with van der Waals surface area (Å²) in [5.74, 6) is 1.09. The molecule has 2 heterocycles. The third-order valence-corrected chi connectivity index (χ3v) is 6.52. The zero-order valence-electron chi connectivity index (χ0n) is 21.8. The van der Waals surface area contributed by atoms with Gasteiger partial charge in [-0.15, -0.1) is 0 Å². The van der Waals surface area contributed by atoms with Crippen LogP contribution in [0, 0.1) is 0 Å². The van der Waals surface area contributed by atoms with Crippen molar-refractivity contribution in [3.63, 3.8) is 0 Å². The standard InChI is InChI=1S/C25H28N5O9P/c1-33-19-9-8-18(12-20(19)34-2)39-25(32)36-15-38-40(37-13-17-6-4-3-5-7-17)16-35-11-10-30-14-27-21-22(30)28-24(26)29-23(21)31/h3-9,12,14H,10-11,13,15-16H2,1-2H3,(H3,26,28,29,31). The van der Waals surface area contributed by atoms with Crippen LogP contribution in [-0.2, 0) is 31.7 Å². The van der Waals surface area contributed by atoms with Crippen molar-refractivity contribution in [3.8, 4) is 17.2 Å². The molecule has 0 saturated carbocycles. The van der Waals surface area contributed by atoms with E-state index in [1.807, 2.05) is 30.3 Å². The number of nitrogens with zero attached hydrogens (tertiary/aromatic N) is 3. The van der Waals surface area contributed by atoms with Crippen molar-refractivity contribution in [1.82, 2.24) is 19.5 Å². The molecule has 15 heteroatoms. The fourth-order valence-electron chi connectivity index (χ4n) is 3.41. The molecule has 0 radical (unpaired) electrons. The molecule has 0 bridgehead atoms. The fourth-order valence-corrected chi connectivity index (χ4v) is 4.37. The number of fused-ring (bicyclic) bond motifs is 1. The van der Waals surface area contributed by atoms with Crippen LogP contribution < -0.4 is 25.5 Å². The first-order chi connectivity index (χ1) is 19.5. The number of nitrogens with two attached hydrogens (primary N) is 1. The van der Waals surface area contributed by atoms with Crippen LogP contribution in [0.5, 0.6) is 17.2 Å². The van der Waals surface area contributed by atoms with Crippen LogP contribution in [0.15, 0.2) is 59.7 Å². The van der Waals surface area contributed by atoms with Gasteiger partial charge in [-0.1, -0.05) is 30.3 Å². The van der Waals surface area contributed by atoms with Crippen molar-refractivity contribution in [1.29, 1.82) is 0 Å². The predicted molar refractivity (Wildman–Crippen MR) is 144 cm³/mol. The number of aromatic nitrogens is 4. The van der Waals surface area contributed by atoms with Gasteiger partial charge in [0.1, 0.15) is 12.1 Å². The fraction of sp³-hybridized carbons (Fsp3) is 0.280. The molecule has 1 atom stereocenters. The number of carbonyl (C=O) groups is 1. The van der Waals surface area contributed by atoms with Crippen LogP contribution in [0.25, 0.3) is 11.2 Å². The van der Waals surface area contributed by atoms with Crippen LogP contribution in [0.4, 0.5) is 10.7 Å². The molecule has 4 rings (SSSR count). The number of H-pyrrole nitrogens is 1. The van der Waals surface area contributed by atoms with Crippen molar-refractivity contribution in [3.05, 3.63) is 70.8 Å². The number of aromatic amines is 1. The summed E-state index contributed by atoms with van der Waals surface area (Å²) >= 11 is 0. The number of benzene rings is 2. The molecule has 3 N–H and O–H groups in total. The Morgan fingerprint density at radius 1 is 1.07 bits per heavy atom.